The summed E-state index contributed by atoms with van der Waals surface area (Å²) in [5.41, 5.74) is 10.0. The van der Waals surface area contributed by atoms with Crippen molar-refractivity contribution >= 4 is 23.5 Å². The molecular weight excluding hydrogens is 562 g/mol. The molecule has 44 heavy (non-hydrogen) atoms. The number of unbranched alkanes of at least 4 members (excludes halogenated alkanes) is 2. The van der Waals surface area contributed by atoms with Crippen LogP contribution >= 0.6 is 0 Å². The Morgan fingerprint density at radius 2 is 1.89 bits per heavy atom. The number of piperidine rings is 1. The molecule has 4 rings (SSSR count). The van der Waals surface area contributed by atoms with Gasteiger partial charge in [-0.2, -0.15) is 0 Å². The zero-order valence-electron chi connectivity index (χ0n) is 27.1. The van der Waals surface area contributed by atoms with Gasteiger partial charge in [0.15, 0.2) is 17.2 Å². The lowest BCUT2D eigenvalue weighted by atomic mass is 9.61. The molecule has 2 saturated heterocycles. The molecular formula is C33H57N5O6+2. The van der Waals surface area contributed by atoms with Crippen molar-refractivity contribution in [2.75, 3.05) is 20.2 Å². The van der Waals surface area contributed by atoms with Crippen LogP contribution in [0, 0.1) is 17.8 Å². The second kappa shape index (κ2) is 15.3. The number of Topliss-reactive ketones (excluding diaryl/α,β-unsaturated/α-hetero) is 2. The summed E-state index contributed by atoms with van der Waals surface area (Å²) in [5, 5.41) is 15.0. The first-order valence-corrected chi connectivity index (χ1v) is 17.1. The highest BCUT2D eigenvalue weighted by Crippen LogP contribution is 2.61. The Labute approximate surface area is 262 Å². The molecule has 0 spiro atoms. The van der Waals surface area contributed by atoms with E-state index in [0.717, 1.165) is 57.1 Å². The van der Waals surface area contributed by atoms with E-state index in [2.05, 4.69) is 22.5 Å². The standard InChI is InChI=1S/C33H55N5O6/c1-4-5-6-10-23(11-9-18-39)43-30(42)33-29(41)25-13-8-7-12-24(25)28(40)32(33,44-33)16-14-21(2)19-26(38-31(35)36-3)22-15-17-37-27(34)20-22/h14,22-27,37,39H,4-13,15-20,34H2,1-3H3,(H3,35,36,38)/p+2/t22?,23-,24?,25?,26-,27?,32+,33+/m1/s1. The van der Waals surface area contributed by atoms with Gasteiger partial charge in [0.05, 0.1) is 19.6 Å². The van der Waals surface area contributed by atoms with E-state index < -0.39 is 35.1 Å². The van der Waals surface area contributed by atoms with Crippen molar-refractivity contribution in [3.8, 4) is 0 Å². The molecule has 11 heteroatoms. The molecule has 11 nitrogen and oxygen atoms in total. The largest absolute Gasteiger partial charge is 0.460 e. The van der Waals surface area contributed by atoms with Crippen molar-refractivity contribution in [2.45, 2.75) is 133 Å². The van der Waals surface area contributed by atoms with Gasteiger partial charge in [0.1, 0.15) is 12.3 Å². The van der Waals surface area contributed by atoms with Crippen molar-refractivity contribution < 1.29 is 39.3 Å². The van der Waals surface area contributed by atoms with Gasteiger partial charge >= 0.3 is 11.9 Å². The van der Waals surface area contributed by atoms with Gasteiger partial charge < -0.3 is 19.9 Å². The maximum absolute atomic E-state index is 14.1. The van der Waals surface area contributed by atoms with Crippen molar-refractivity contribution in [3.05, 3.63) is 11.6 Å². The van der Waals surface area contributed by atoms with Gasteiger partial charge in [-0.3, -0.25) is 31.4 Å². The van der Waals surface area contributed by atoms with E-state index in [4.69, 9.17) is 20.9 Å². The molecule has 2 saturated carbocycles. The second-order valence-corrected chi connectivity index (χ2v) is 13.6. The fourth-order valence-corrected chi connectivity index (χ4v) is 7.87. The molecule has 2 heterocycles. The number of hydrogen-bond donors (Lipinski definition) is 6. The summed E-state index contributed by atoms with van der Waals surface area (Å²) < 4.78 is 12.2. The number of epoxide rings is 1. The molecule has 0 radical (unpaired) electrons. The Hall–Kier alpha value is -2.34. The number of guanidine groups is 1. The minimum absolute atomic E-state index is 0.00270. The highest BCUT2D eigenvalue weighted by atomic mass is 16.7. The average molecular weight is 620 g/mol. The molecule has 2 aliphatic carbocycles. The van der Waals surface area contributed by atoms with E-state index in [-0.39, 0.29) is 36.8 Å². The minimum Gasteiger partial charge on any atom is -0.460 e. The predicted molar refractivity (Wildman–Crippen MR) is 166 cm³/mol. The average Bonchev–Trinajstić information content (AvgIpc) is 3.73. The smallest absolute Gasteiger partial charge is 0.350 e. The lowest BCUT2D eigenvalue weighted by Gasteiger charge is -2.37. The maximum Gasteiger partial charge on any atom is 0.350 e. The van der Waals surface area contributed by atoms with E-state index in [1.807, 2.05) is 13.0 Å². The summed E-state index contributed by atoms with van der Waals surface area (Å²) in [5.74, 6) is -1.24. The van der Waals surface area contributed by atoms with E-state index in [9.17, 15) is 19.5 Å². The number of carbonyl (C=O) groups excluding carboxylic acids is 3. The summed E-state index contributed by atoms with van der Waals surface area (Å²) in [4.78, 5) is 45.2. The van der Waals surface area contributed by atoms with Gasteiger partial charge in [-0.1, -0.05) is 44.3 Å². The fraction of sp³-hybridized carbons (Fsp3) is 0.818. The van der Waals surface area contributed by atoms with Crippen molar-refractivity contribution in [2.24, 2.45) is 29.2 Å². The Morgan fingerprint density at radius 1 is 1.18 bits per heavy atom. The number of rotatable bonds is 15. The van der Waals surface area contributed by atoms with Gasteiger partial charge in [-0.15, -0.1) is 0 Å². The van der Waals surface area contributed by atoms with Crippen LogP contribution in [0.1, 0.15) is 104 Å². The molecule has 248 valence electrons. The number of hydrogen-bond acceptors (Lipinski definition) is 7. The lowest BCUT2D eigenvalue weighted by Crippen LogP contribution is -2.95. The molecule has 0 aromatic rings. The van der Waals surface area contributed by atoms with E-state index in [0.29, 0.717) is 50.4 Å². The summed E-state index contributed by atoms with van der Waals surface area (Å²) >= 11 is 0. The molecule has 0 aromatic carbocycles. The van der Waals surface area contributed by atoms with Crippen LogP contribution in [0.25, 0.3) is 0 Å². The number of nitrogens with one attached hydrogen (secondary N) is 2. The molecule has 9 N–H and O–H groups in total. The van der Waals surface area contributed by atoms with Gasteiger partial charge in [0.25, 0.3) is 5.60 Å². The molecule has 0 aromatic heterocycles. The van der Waals surface area contributed by atoms with Gasteiger partial charge in [0.2, 0.25) is 0 Å². The lowest BCUT2D eigenvalue weighted by molar-refractivity contribution is -0.699. The van der Waals surface area contributed by atoms with E-state index in [1.165, 1.54) is 0 Å². The van der Waals surface area contributed by atoms with Crippen LogP contribution < -0.4 is 27.1 Å². The summed E-state index contributed by atoms with van der Waals surface area (Å²) in [7, 11) is 1.77. The van der Waals surface area contributed by atoms with Gasteiger partial charge in [-0.25, -0.2) is 4.79 Å². The number of aliphatic hydroxyl groups excluding tert-OH is 1. The van der Waals surface area contributed by atoms with Crippen LogP contribution in [-0.2, 0) is 23.9 Å². The Bertz CT molecular complexity index is 1100. The molecule has 8 atom stereocenters. The van der Waals surface area contributed by atoms with Gasteiger partial charge in [-0.05, 0) is 45.4 Å². The third-order valence-corrected chi connectivity index (χ3v) is 10.5. The molecule has 4 fully saturated rings. The van der Waals surface area contributed by atoms with Crippen molar-refractivity contribution in [3.63, 3.8) is 0 Å². The number of ketones is 2. The van der Waals surface area contributed by atoms with Crippen LogP contribution in [0.3, 0.4) is 0 Å². The van der Waals surface area contributed by atoms with Crippen molar-refractivity contribution in [1.29, 1.82) is 0 Å². The topological polar surface area (TPSA) is 188 Å². The van der Waals surface area contributed by atoms with E-state index >= 15 is 0 Å². The number of esters is 1. The molecule has 0 bridgehead atoms. The first-order chi connectivity index (χ1) is 21.1. The fourth-order valence-electron chi connectivity index (χ4n) is 7.87. The first-order valence-electron chi connectivity index (χ1n) is 17.1. The predicted octanol–water partition coefficient (Wildman–Crippen LogP) is -0.315. The Balaban J connectivity index is 1.57. The molecule has 0 amide bonds. The van der Waals surface area contributed by atoms with Gasteiger partial charge in [0, 0.05) is 50.0 Å². The zero-order valence-corrected chi connectivity index (χ0v) is 27.1. The Morgan fingerprint density at radius 3 is 2.55 bits per heavy atom. The molecule has 2 aliphatic heterocycles. The third kappa shape index (κ3) is 7.21. The summed E-state index contributed by atoms with van der Waals surface area (Å²) in [6.07, 6.45) is 11.8. The number of aliphatic hydroxyl groups is 1. The first kappa shape index (κ1) is 34.5. The third-order valence-electron chi connectivity index (χ3n) is 10.5. The summed E-state index contributed by atoms with van der Waals surface area (Å²) in [6, 6.07) is 0.0348. The van der Waals surface area contributed by atoms with Crippen LogP contribution in [0.5, 0.6) is 0 Å². The number of nitrogens with two attached hydrogens (primary N) is 3. The Kier molecular flexibility index (Phi) is 12.0. The number of quaternary nitrogens is 1. The number of carbonyl (C=O) groups is 3. The second-order valence-electron chi connectivity index (χ2n) is 13.6. The molecule has 4 aliphatic rings. The highest BCUT2D eigenvalue weighted by Gasteiger charge is 2.87. The van der Waals surface area contributed by atoms with Crippen molar-refractivity contribution in [1.82, 2.24) is 5.32 Å². The van der Waals surface area contributed by atoms with E-state index in [1.54, 1.807) is 7.05 Å². The minimum atomic E-state index is -1.88. The van der Waals surface area contributed by atoms with Crippen LogP contribution in [0.2, 0.25) is 0 Å². The SMILES string of the molecule is CCCCC[C@H](CCCO)OC(=O)[C@]12O[C@@]1(CC=C(C)C[C@@H](NC(N)=[NH+]C)C1CC[NH2+]C(N)C1)C(=O)C1CCCCC1C2=O. The number of fused-ring (bicyclic) bond motifs is 2. The number of ether oxygens (including phenoxy) is 2. The monoisotopic (exact) mass is 619 g/mol. The zero-order chi connectivity index (χ0) is 31.9. The summed E-state index contributed by atoms with van der Waals surface area (Å²) in [6.45, 7) is 5.06. The normalized spacial score (nSPS) is 33.7. The maximum atomic E-state index is 14.1. The molecule has 4 unspecified atom stereocenters. The quantitative estimate of drug-likeness (QED) is 0.0272. The van der Waals surface area contributed by atoms with Crippen LogP contribution in [0.15, 0.2) is 11.6 Å². The van der Waals surface area contributed by atoms with Crippen LogP contribution in [0.4, 0.5) is 0 Å². The highest BCUT2D eigenvalue weighted by molar-refractivity contribution is 6.23. The van der Waals surface area contributed by atoms with Crippen LogP contribution in [-0.4, -0.2) is 78.3 Å².